The largest absolute Gasteiger partial charge is 0.461 e. The smallest absolute Gasteiger partial charge is 0.308 e. The van der Waals surface area contributed by atoms with Crippen LogP contribution in [0.5, 0.6) is 0 Å². The summed E-state index contributed by atoms with van der Waals surface area (Å²) < 4.78 is 5.91. The van der Waals surface area contributed by atoms with Crippen molar-refractivity contribution in [1.82, 2.24) is 4.90 Å². The highest BCUT2D eigenvalue weighted by molar-refractivity contribution is 5.77. The van der Waals surface area contributed by atoms with Gasteiger partial charge in [0.1, 0.15) is 6.10 Å². The van der Waals surface area contributed by atoms with E-state index in [1.54, 1.807) is 11.9 Å². The number of aliphatic hydroxyl groups is 3. The molecule has 0 radical (unpaired) electrons. The molecule has 1 amide bonds. The summed E-state index contributed by atoms with van der Waals surface area (Å²) in [7, 11) is 1.78. The van der Waals surface area contributed by atoms with Crippen molar-refractivity contribution >= 4 is 11.9 Å². The first-order valence-corrected chi connectivity index (χ1v) is 13.0. The number of carbonyl (C=O) groups is 2. The van der Waals surface area contributed by atoms with E-state index >= 15 is 0 Å². The van der Waals surface area contributed by atoms with Crippen LogP contribution in [-0.2, 0) is 14.3 Å². The van der Waals surface area contributed by atoms with Gasteiger partial charge >= 0.3 is 5.97 Å². The molecule has 0 aromatic rings. The van der Waals surface area contributed by atoms with E-state index in [9.17, 15) is 24.9 Å². The normalized spacial score (nSPS) is 31.1. The van der Waals surface area contributed by atoms with Gasteiger partial charge in [-0.15, -0.1) is 0 Å². The maximum atomic E-state index is 12.5. The van der Waals surface area contributed by atoms with Crippen LogP contribution in [0.2, 0.25) is 0 Å². The topological polar surface area (TPSA) is 107 Å². The van der Waals surface area contributed by atoms with Crippen LogP contribution in [0.1, 0.15) is 72.1 Å². The van der Waals surface area contributed by atoms with Gasteiger partial charge in [0.2, 0.25) is 5.91 Å². The third-order valence-corrected chi connectivity index (χ3v) is 7.93. The summed E-state index contributed by atoms with van der Waals surface area (Å²) in [6, 6.07) is 0.309. The molecular formula is C27H43NO6. The van der Waals surface area contributed by atoms with E-state index < -0.39 is 24.4 Å². The molecule has 0 aromatic carbocycles. The van der Waals surface area contributed by atoms with Crippen molar-refractivity contribution in [2.75, 3.05) is 7.05 Å². The van der Waals surface area contributed by atoms with Crippen molar-refractivity contribution in [2.24, 2.45) is 23.7 Å². The molecule has 34 heavy (non-hydrogen) atoms. The second-order valence-electron chi connectivity index (χ2n) is 10.7. The Morgan fingerprint density at radius 3 is 2.59 bits per heavy atom. The number of aliphatic hydroxyl groups excluding tert-OH is 3. The van der Waals surface area contributed by atoms with E-state index in [4.69, 9.17) is 4.74 Å². The maximum absolute atomic E-state index is 12.5. The highest BCUT2D eigenvalue weighted by Crippen LogP contribution is 2.44. The van der Waals surface area contributed by atoms with Gasteiger partial charge in [0, 0.05) is 25.4 Å². The Morgan fingerprint density at radius 1 is 1.24 bits per heavy atom. The summed E-state index contributed by atoms with van der Waals surface area (Å²) >= 11 is 0. The highest BCUT2D eigenvalue weighted by atomic mass is 16.5. The molecule has 1 saturated carbocycles. The van der Waals surface area contributed by atoms with Gasteiger partial charge in [0.15, 0.2) is 0 Å². The molecule has 3 rings (SSSR count). The first-order valence-electron chi connectivity index (χ1n) is 13.0. The number of amides is 1. The second-order valence-corrected chi connectivity index (χ2v) is 10.7. The first-order chi connectivity index (χ1) is 16.1. The molecule has 192 valence electrons. The third kappa shape index (κ3) is 6.92. The van der Waals surface area contributed by atoms with Crippen LogP contribution >= 0.6 is 0 Å². The molecule has 0 unspecified atom stereocenters. The van der Waals surface area contributed by atoms with Crippen LogP contribution in [0.25, 0.3) is 0 Å². The van der Waals surface area contributed by atoms with E-state index in [0.717, 1.165) is 18.4 Å². The van der Waals surface area contributed by atoms with Crippen molar-refractivity contribution < 1.29 is 29.6 Å². The van der Waals surface area contributed by atoms with Crippen LogP contribution in [0, 0.1) is 23.7 Å². The van der Waals surface area contributed by atoms with E-state index in [-0.39, 0.29) is 48.4 Å². The molecule has 0 saturated heterocycles. The molecule has 0 bridgehead atoms. The predicted octanol–water partition coefficient (Wildman–Crippen LogP) is 2.98. The lowest BCUT2D eigenvalue weighted by atomic mass is 9.66. The van der Waals surface area contributed by atoms with Gasteiger partial charge < -0.3 is 25.0 Å². The molecule has 7 nitrogen and oxygen atoms in total. The zero-order valence-corrected chi connectivity index (χ0v) is 21.1. The van der Waals surface area contributed by atoms with Gasteiger partial charge in [-0.25, -0.2) is 0 Å². The van der Waals surface area contributed by atoms with Gasteiger partial charge in [0.05, 0.1) is 30.7 Å². The van der Waals surface area contributed by atoms with E-state index in [2.05, 4.69) is 13.0 Å². The molecule has 1 fully saturated rings. The molecule has 3 aliphatic carbocycles. The lowest BCUT2D eigenvalue weighted by molar-refractivity contribution is -0.159. The zero-order valence-electron chi connectivity index (χ0n) is 21.1. The van der Waals surface area contributed by atoms with Gasteiger partial charge in [-0.1, -0.05) is 39.0 Å². The molecule has 0 aliphatic heterocycles. The number of hydrogen-bond acceptors (Lipinski definition) is 6. The Labute approximate surface area is 203 Å². The van der Waals surface area contributed by atoms with Gasteiger partial charge in [0.25, 0.3) is 0 Å². The zero-order chi connectivity index (χ0) is 25.0. The minimum Gasteiger partial charge on any atom is -0.461 e. The number of nitrogens with zero attached hydrogens (tertiary/aromatic N) is 1. The number of allylic oxidation sites excluding steroid dienone is 2. The fraction of sp³-hybridized carbons (Fsp3) is 0.778. The Hall–Kier alpha value is -1.70. The van der Waals surface area contributed by atoms with Crippen molar-refractivity contribution in [3.05, 3.63) is 23.8 Å². The maximum Gasteiger partial charge on any atom is 0.308 e. The Balaban J connectivity index is 1.59. The minimum atomic E-state index is -0.864. The van der Waals surface area contributed by atoms with Gasteiger partial charge in [-0.3, -0.25) is 9.59 Å². The van der Waals surface area contributed by atoms with Gasteiger partial charge in [-0.05, 0) is 55.9 Å². The van der Waals surface area contributed by atoms with E-state index in [0.29, 0.717) is 31.7 Å². The standard InChI is InChI=1S/C27H43NO6/c1-5-16(2)27(33)34-24-14-21(30)12-18-7-6-17(3)23(26(18)24)11-10-20(29)13-22(31)15-25(32)28(4)19-8-9-19/h6-7,12,16-17,19-24,26,29-31H,5,8-11,13-15H2,1-4H3/t16-,17-,20+,21+,22+,23-,24-,26-/m0/s1. The average molecular weight is 478 g/mol. The third-order valence-electron chi connectivity index (χ3n) is 7.93. The number of ether oxygens (including phenoxy) is 1. The van der Waals surface area contributed by atoms with Crippen LogP contribution in [0.15, 0.2) is 23.8 Å². The summed E-state index contributed by atoms with van der Waals surface area (Å²) in [5, 5.41) is 31.3. The van der Waals surface area contributed by atoms with Gasteiger partial charge in [-0.2, -0.15) is 0 Å². The monoisotopic (exact) mass is 477 g/mol. The summed E-state index contributed by atoms with van der Waals surface area (Å²) in [6.07, 6.45) is 7.91. The Bertz CT molecular complexity index is 775. The number of rotatable bonds is 11. The van der Waals surface area contributed by atoms with Crippen LogP contribution in [0.3, 0.4) is 0 Å². The number of esters is 1. The number of hydrogen-bond donors (Lipinski definition) is 3. The fourth-order valence-corrected chi connectivity index (χ4v) is 5.33. The molecule has 3 aliphatic rings. The lowest BCUT2D eigenvalue weighted by Crippen LogP contribution is -2.43. The Kier molecular flexibility index (Phi) is 9.35. The fourth-order valence-electron chi connectivity index (χ4n) is 5.33. The van der Waals surface area contributed by atoms with Crippen LogP contribution < -0.4 is 0 Å². The van der Waals surface area contributed by atoms with Crippen LogP contribution in [0.4, 0.5) is 0 Å². The molecule has 7 heteroatoms. The van der Waals surface area contributed by atoms with E-state index in [1.807, 2.05) is 26.0 Å². The van der Waals surface area contributed by atoms with Crippen LogP contribution in [-0.4, -0.2) is 69.6 Å². The predicted molar refractivity (Wildman–Crippen MR) is 130 cm³/mol. The molecule has 8 atom stereocenters. The average Bonchev–Trinajstić information content (AvgIpc) is 3.62. The van der Waals surface area contributed by atoms with E-state index in [1.165, 1.54) is 0 Å². The molecule has 0 spiro atoms. The highest BCUT2D eigenvalue weighted by Gasteiger charge is 2.42. The first kappa shape index (κ1) is 26.9. The summed E-state index contributed by atoms with van der Waals surface area (Å²) in [6.45, 7) is 5.94. The van der Waals surface area contributed by atoms with Crippen molar-refractivity contribution in [1.29, 1.82) is 0 Å². The summed E-state index contributed by atoms with van der Waals surface area (Å²) in [4.78, 5) is 26.5. The molecule has 0 aromatic heterocycles. The number of fused-ring (bicyclic) bond motifs is 1. The second kappa shape index (κ2) is 11.8. The van der Waals surface area contributed by atoms with Crippen molar-refractivity contribution in [2.45, 2.75) is 103 Å². The minimum absolute atomic E-state index is 0.0256. The Morgan fingerprint density at radius 2 is 1.94 bits per heavy atom. The van der Waals surface area contributed by atoms with Crippen molar-refractivity contribution in [3.63, 3.8) is 0 Å². The molecule has 3 N–H and O–H groups in total. The SMILES string of the molecule is CC[C@H](C)C(=O)O[C@H]1C[C@H](O)C=C2C=C[C@H](C)[C@H](CC[C@@H](O)C[C@@H](O)CC(=O)N(C)C3CC3)[C@H]21. The lowest BCUT2D eigenvalue weighted by Gasteiger charge is -2.43. The molecule has 0 heterocycles. The number of carbonyl (C=O) groups excluding carboxylic acids is 2. The quantitative estimate of drug-likeness (QED) is 0.395. The summed E-state index contributed by atoms with van der Waals surface area (Å²) in [5.41, 5.74) is 0.993. The summed E-state index contributed by atoms with van der Waals surface area (Å²) in [5.74, 6) is -0.143. The molecular weight excluding hydrogens is 434 g/mol. The van der Waals surface area contributed by atoms with Crippen molar-refractivity contribution in [3.8, 4) is 0 Å².